The summed E-state index contributed by atoms with van der Waals surface area (Å²) in [5.74, 6) is 0.894. The van der Waals surface area contributed by atoms with Crippen LogP contribution >= 0.6 is 0 Å². The molecule has 0 N–H and O–H groups in total. The van der Waals surface area contributed by atoms with E-state index in [2.05, 4.69) is 6.92 Å². The summed E-state index contributed by atoms with van der Waals surface area (Å²) in [7, 11) is 0. The number of aryl methyl sites for hydroxylation is 1. The summed E-state index contributed by atoms with van der Waals surface area (Å²) in [6.45, 7) is 9.70. The molecule has 2 aromatic heterocycles. The van der Waals surface area contributed by atoms with Gasteiger partial charge in [0.1, 0.15) is 5.76 Å². The zero-order valence-corrected chi connectivity index (χ0v) is 16.5. The molecule has 0 aliphatic carbocycles. The number of furan rings is 1. The molecule has 0 spiro atoms. The van der Waals surface area contributed by atoms with Crippen molar-refractivity contribution in [1.29, 1.82) is 0 Å². The lowest BCUT2D eigenvalue weighted by atomic mass is 9.99. The highest BCUT2D eigenvalue weighted by Crippen LogP contribution is 2.20. The van der Waals surface area contributed by atoms with Crippen LogP contribution in [0.1, 0.15) is 54.2 Å². The Hall–Kier alpha value is -2.50. The second-order valence-corrected chi connectivity index (χ2v) is 7.51. The van der Waals surface area contributed by atoms with Crippen molar-refractivity contribution in [2.24, 2.45) is 5.92 Å². The fourth-order valence-electron chi connectivity index (χ4n) is 3.57. The first-order valence-corrected chi connectivity index (χ1v) is 9.55. The second kappa shape index (κ2) is 8.03. The normalized spacial score (nSPS) is 16.4. The van der Waals surface area contributed by atoms with E-state index in [0.29, 0.717) is 18.0 Å². The minimum Gasteiger partial charge on any atom is -0.467 e. The Morgan fingerprint density at radius 2 is 2.00 bits per heavy atom. The Bertz CT molecular complexity index is 799. The van der Waals surface area contributed by atoms with Crippen molar-refractivity contribution < 1.29 is 18.7 Å². The Kier molecular flexibility index (Phi) is 5.73. The van der Waals surface area contributed by atoms with Crippen molar-refractivity contribution in [3.8, 4) is 0 Å². The van der Waals surface area contributed by atoms with E-state index < -0.39 is 12.1 Å². The summed E-state index contributed by atoms with van der Waals surface area (Å²) in [5, 5.41) is 0. The minimum absolute atomic E-state index is 0.111. The Labute approximate surface area is 160 Å². The predicted octanol–water partition coefficient (Wildman–Crippen LogP) is 3.55. The van der Waals surface area contributed by atoms with E-state index in [1.807, 2.05) is 30.5 Å². The van der Waals surface area contributed by atoms with Crippen LogP contribution in [0.15, 0.2) is 28.9 Å². The van der Waals surface area contributed by atoms with Gasteiger partial charge in [0.2, 0.25) is 0 Å². The van der Waals surface area contributed by atoms with Gasteiger partial charge in [0, 0.05) is 24.5 Å². The molecule has 0 bridgehead atoms. The molecule has 6 heteroatoms. The number of carbonyl (C=O) groups excluding carboxylic acids is 2. The third kappa shape index (κ3) is 4.26. The third-order valence-corrected chi connectivity index (χ3v) is 5.41. The zero-order valence-electron chi connectivity index (χ0n) is 16.5. The van der Waals surface area contributed by atoms with Crippen molar-refractivity contribution in [3.63, 3.8) is 0 Å². The molecule has 3 heterocycles. The van der Waals surface area contributed by atoms with Gasteiger partial charge in [-0.05, 0) is 57.7 Å². The molecule has 1 unspecified atom stereocenters. The van der Waals surface area contributed by atoms with Gasteiger partial charge in [-0.1, -0.05) is 6.92 Å². The van der Waals surface area contributed by atoms with Gasteiger partial charge in [0.15, 0.2) is 6.10 Å². The van der Waals surface area contributed by atoms with Gasteiger partial charge in [0.25, 0.3) is 5.91 Å². The highest BCUT2D eigenvalue weighted by atomic mass is 16.5. The van der Waals surface area contributed by atoms with Crippen LogP contribution < -0.4 is 0 Å². The van der Waals surface area contributed by atoms with Gasteiger partial charge in [0.05, 0.1) is 18.4 Å². The monoisotopic (exact) mass is 372 g/mol. The Morgan fingerprint density at radius 1 is 1.30 bits per heavy atom. The standard InChI is InChI=1S/C21H28N2O4/c1-14-7-9-22(10-8-14)20(24)17(4)27-21(25)19-12-15(2)23(16(19)3)13-18-6-5-11-26-18/h5-6,11-12,14,17H,7-10,13H2,1-4H3. The number of likely N-dealkylation sites (tertiary alicyclic amines) is 1. The van der Waals surface area contributed by atoms with E-state index in [4.69, 9.17) is 9.15 Å². The molecule has 1 fully saturated rings. The van der Waals surface area contributed by atoms with E-state index in [0.717, 1.165) is 43.1 Å². The molecule has 0 radical (unpaired) electrons. The molecule has 1 atom stereocenters. The molecular formula is C21H28N2O4. The fourth-order valence-corrected chi connectivity index (χ4v) is 3.57. The Morgan fingerprint density at radius 3 is 2.63 bits per heavy atom. The van der Waals surface area contributed by atoms with Gasteiger partial charge in [-0.3, -0.25) is 4.79 Å². The second-order valence-electron chi connectivity index (χ2n) is 7.51. The SMILES string of the molecule is Cc1cc(C(=O)OC(C)C(=O)N2CCC(C)CC2)c(C)n1Cc1ccco1. The van der Waals surface area contributed by atoms with Crippen molar-refractivity contribution in [2.75, 3.05) is 13.1 Å². The first-order valence-electron chi connectivity index (χ1n) is 9.55. The summed E-state index contributed by atoms with van der Waals surface area (Å²) >= 11 is 0. The first kappa shape index (κ1) is 19.3. The van der Waals surface area contributed by atoms with E-state index in [-0.39, 0.29) is 5.91 Å². The first-order chi connectivity index (χ1) is 12.9. The average Bonchev–Trinajstić information content (AvgIpc) is 3.25. The average molecular weight is 372 g/mol. The lowest BCUT2D eigenvalue weighted by Crippen LogP contribution is -2.44. The number of rotatable bonds is 5. The van der Waals surface area contributed by atoms with Gasteiger partial charge in [-0.2, -0.15) is 0 Å². The molecular weight excluding hydrogens is 344 g/mol. The van der Waals surface area contributed by atoms with E-state index in [1.165, 1.54) is 0 Å². The minimum atomic E-state index is -0.779. The molecule has 1 aliphatic heterocycles. The maximum atomic E-state index is 12.7. The van der Waals surface area contributed by atoms with Crippen LogP contribution in [0.2, 0.25) is 0 Å². The van der Waals surface area contributed by atoms with Crippen LogP contribution in [0.25, 0.3) is 0 Å². The zero-order chi connectivity index (χ0) is 19.6. The fraction of sp³-hybridized carbons (Fsp3) is 0.524. The maximum Gasteiger partial charge on any atom is 0.340 e. The summed E-state index contributed by atoms with van der Waals surface area (Å²) < 4.78 is 12.9. The van der Waals surface area contributed by atoms with Crippen LogP contribution in [-0.2, 0) is 16.1 Å². The predicted molar refractivity (Wildman–Crippen MR) is 102 cm³/mol. The van der Waals surface area contributed by atoms with Gasteiger partial charge in [-0.15, -0.1) is 0 Å². The number of hydrogen-bond donors (Lipinski definition) is 0. The molecule has 1 amide bonds. The van der Waals surface area contributed by atoms with Crippen LogP contribution in [0.4, 0.5) is 0 Å². The molecule has 146 valence electrons. The highest BCUT2D eigenvalue weighted by molar-refractivity contribution is 5.93. The number of esters is 1. The largest absolute Gasteiger partial charge is 0.467 e. The van der Waals surface area contributed by atoms with E-state index in [9.17, 15) is 9.59 Å². The van der Waals surface area contributed by atoms with Crippen LogP contribution in [-0.4, -0.2) is 40.5 Å². The summed E-state index contributed by atoms with van der Waals surface area (Å²) in [5.41, 5.74) is 2.24. The molecule has 1 saturated heterocycles. The highest BCUT2D eigenvalue weighted by Gasteiger charge is 2.28. The number of piperidine rings is 1. The number of aromatic nitrogens is 1. The van der Waals surface area contributed by atoms with Crippen molar-refractivity contribution in [1.82, 2.24) is 9.47 Å². The summed E-state index contributed by atoms with van der Waals surface area (Å²) in [6, 6.07) is 5.55. The quantitative estimate of drug-likeness (QED) is 0.753. The lowest BCUT2D eigenvalue weighted by Gasteiger charge is -2.31. The van der Waals surface area contributed by atoms with Crippen LogP contribution in [0.3, 0.4) is 0 Å². The summed E-state index contributed by atoms with van der Waals surface area (Å²) in [6.07, 6.45) is 2.85. The van der Waals surface area contributed by atoms with E-state index in [1.54, 1.807) is 24.2 Å². The molecule has 6 nitrogen and oxygen atoms in total. The third-order valence-electron chi connectivity index (χ3n) is 5.41. The molecule has 2 aromatic rings. The summed E-state index contributed by atoms with van der Waals surface area (Å²) in [4.78, 5) is 27.0. The number of ether oxygens (including phenoxy) is 1. The Balaban J connectivity index is 1.66. The topological polar surface area (TPSA) is 64.7 Å². The van der Waals surface area contributed by atoms with Gasteiger partial charge < -0.3 is 18.6 Å². The number of nitrogens with zero attached hydrogens (tertiary/aromatic N) is 2. The number of amides is 1. The van der Waals surface area contributed by atoms with Crippen molar-refractivity contribution >= 4 is 11.9 Å². The molecule has 27 heavy (non-hydrogen) atoms. The van der Waals surface area contributed by atoms with Crippen LogP contribution in [0, 0.1) is 19.8 Å². The molecule has 3 rings (SSSR count). The van der Waals surface area contributed by atoms with Gasteiger partial charge >= 0.3 is 5.97 Å². The maximum absolute atomic E-state index is 12.7. The lowest BCUT2D eigenvalue weighted by molar-refractivity contribution is -0.141. The molecule has 0 saturated carbocycles. The molecule has 0 aromatic carbocycles. The number of carbonyl (C=O) groups is 2. The van der Waals surface area contributed by atoms with E-state index >= 15 is 0 Å². The smallest absolute Gasteiger partial charge is 0.340 e. The molecule has 1 aliphatic rings. The van der Waals surface area contributed by atoms with Crippen molar-refractivity contribution in [2.45, 2.75) is 53.2 Å². The van der Waals surface area contributed by atoms with Gasteiger partial charge in [-0.25, -0.2) is 4.79 Å². The van der Waals surface area contributed by atoms with Crippen molar-refractivity contribution in [3.05, 3.63) is 47.2 Å². The van der Waals surface area contributed by atoms with Crippen LogP contribution in [0.5, 0.6) is 0 Å². The number of hydrogen-bond acceptors (Lipinski definition) is 4.